The Kier molecular flexibility index (Phi) is 4.37. The molecule has 26 heavy (non-hydrogen) atoms. The molecule has 0 radical (unpaired) electrons. The number of rotatable bonds is 4. The summed E-state index contributed by atoms with van der Waals surface area (Å²) >= 11 is 1.19. The van der Waals surface area contributed by atoms with Crippen molar-refractivity contribution in [3.8, 4) is 10.4 Å². The fraction of sp³-hybridized carbons (Fsp3) is 0.312. The molecular formula is C16H19N3O4S3. The Morgan fingerprint density at radius 2 is 2.15 bits per heavy atom. The second-order valence-corrected chi connectivity index (χ2v) is 11.8. The molecule has 7 nitrogen and oxygen atoms in total. The van der Waals surface area contributed by atoms with E-state index in [-0.39, 0.29) is 15.7 Å². The van der Waals surface area contributed by atoms with Crippen LogP contribution in [0.25, 0.3) is 21.5 Å². The molecule has 0 amide bonds. The lowest BCUT2D eigenvalue weighted by atomic mass is 10.1. The average molecular weight is 414 g/mol. The molecule has 1 atom stereocenters. The molecule has 140 valence electrons. The number of fused-ring (bicyclic) bond motifs is 1. The van der Waals surface area contributed by atoms with E-state index in [1.165, 1.54) is 11.3 Å². The summed E-state index contributed by atoms with van der Waals surface area (Å²) in [6.07, 6.45) is 2.14. The van der Waals surface area contributed by atoms with Crippen molar-refractivity contribution in [3.63, 3.8) is 0 Å². The van der Waals surface area contributed by atoms with Crippen LogP contribution < -0.4 is 4.72 Å². The standard InChI is InChI=1S/C16H19N3O4S3/c1-10-8-13-12(4-6-17-16(13)18-10)14-2-3-15(24-14)26(22,23)19-11-5-7-25(20,21)9-11/h2-4,6,8,11,19-21H,5,7,9H2,1H3,(H,17,18). The molecule has 1 unspecified atom stereocenters. The van der Waals surface area contributed by atoms with Crippen molar-refractivity contribution in [1.29, 1.82) is 0 Å². The maximum atomic E-state index is 12.6. The van der Waals surface area contributed by atoms with Gasteiger partial charge in [-0.1, -0.05) is 0 Å². The van der Waals surface area contributed by atoms with Crippen molar-refractivity contribution in [2.24, 2.45) is 0 Å². The minimum Gasteiger partial charge on any atom is -0.344 e. The summed E-state index contributed by atoms with van der Waals surface area (Å²) in [7, 11) is -6.34. The van der Waals surface area contributed by atoms with Gasteiger partial charge in [-0.2, -0.15) is 10.6 Å². The van der Waals surface area contributed by atoms with Crippen LogP contribution in [-0.4, -0.2) is 45.0 Å². The SMILES string of the molecule is Cc1cc2c(-c3ccc(S(=O)(=O)NC4CCS(O)(O)C4)s3)ccnc2[nH]1. The second kappa shape index (κ2) is 6.32. The van der Waals surface area contributed by atoms with E-state index in [9.17, 15) is 17.5 Å². The highest BCUT2D eigenvalue weighted by Crippen LogP contribution is 2.46. The highest BCUT2D eigenvalue weighted by Gasteiger charge is 2.32. The molecule has 4 rings (SSSR count). The molecule has 0 aromatic carbocycles. The van der Waals surface area contributed by atoms with Gasteiger partial charge in [0.25, 0.3) is 0 Å². The lowest BCUT2D eigenvalue weighted by Gasteiger charge is -2.25. The third-order valence-corrected chi connectivity index (χ3v) is 9.32. The van der Waals surface area contributed by atoms with Gasteiger partial charge in [-0.3, -0.25) is 9.11 Å². The van der Waals surface area contributed by atoms with Gasteiger partial charge in [-0.05, 0) is 37.6 Å². The largest absolute Gasteiger partial charge is 0.344 e. The van der Waals surface area contributed by atoms with Crippen LogP contribution in [0.3, 0.4) is 0 Å². The van der Waals surface area contributed by atoms with Crippen LogP contribution in [0.2, 0.25) is 0 Å². The van der Waals surface area contributed by atoms with Crippen LogP contribution in [0.1, 0.15) is 12.1 Å². The van der Waals surface area contributed by atoms with Crippen molar-refractivity contribution >= 4 is 43.0 Å². The molecule has 0 aliphatic carbocycles. The zero-order chi connectivity index (χ0) is 18.5. The summed E-state index contributed by atoms with van der Waals surface area (Å²) in [5.41, 5.74) is 2.69. The molecule has 0 saturated carbocycles. The third kappa shape index (κ3) is 3.40. The molecule has 4 N–H and O–H groups in total. The maximum Gasteiger partial charge on any atom is 0.250 e. The van der Waals surface area contributed by atoms with E-state index >= 15 is 0 Å². The molecular weight excluding hydrogens is 394 g/mol. The van der Waals surface area contributed by atoms with E-state index in [2.05, 4.69) is 14.7 Å². The summed E-state index contributed by atoms with van der Waals surface area (Å²) < 4.78 is 47.5. The summed E-state index contributed by atoms with van der Waals surface area (Å²) in [4.78, 5) is 8.32. The Labute approximate surface area is 156 Å². The van der Waals surface area contributed by atoms with Gasteiger partial charge >= 0.3 is 0 Å². The van der Waals surface area contributed by atoms with Crippen LogP contribution >= 0.6 is 21.9 Å². The highest BCUT2D eigenvalue weighted by atomic mass is 32.3. The fourth-order valence-electron chi connectivity index (χ4n) is 3.17. The van der Waals surface area contributed by atoms with Gasteiger partial charge < -0.3 is 4.98 Å². The molecule has 1 aliphatic rings. The van der Waals surface area contributed by atoms with Gasteiger partial charge in [0.2, 0.25) is 10.0 Å². The number of aryl methyl sites for hydroxylation is 1. The van der Waals surface area contributed by atoms with Crippen LogP contribution in [0, 0.1) is 6.92 Å². The van der Waals surface area contributed by atoms with Crippen molar-refractivity contribution in [3.05, 3.63) is 36.2 Å². The Hall–Kier alpha value is -1.43. The molecule has 1 aliphatic heterocycles. The van der Waals surface area contributed by atoms with Crippen molar-refractivity contribution in [2.45, 2.75) is 23.6 Å². The first-order valence-electron chi connectivity index (χ1n) is 8.04. The third-order valence-electron chi connectivity index (χ3n) is 4.36. The normalized spacial score (nSPS) is 21.3. The summed E-state index contributed by atoms with van der Waals surface area (Å²) in [6.45, 7) is 1.95. The molecule has 4 heterocycles. The van der Waals surface area contributed by atoms with E-state index < -0.39 is 26.7 Å². The number of nitrogens with one attached hydrogen (secondary N) is 2. The molecule has 0 spiro atoms. The highest BCUT2D eigenvalue weighted by molar-refractivity contribution is 8.24. The Balaban J connectivity index is 1.63. The zero-order valence-electron chi connectivity index (χ0n) is 14.0. The minimum absolute atomic E-state index is 0.0814. The lowest BCUT2D eigenvalue weighted by molar-refractivity contribution is 0.494. The number of thiophene rings is 1. The van der Waals surface area contributed by atoms with E-state index in [0.717, 1.165) is 27.2 Å². The topological polar surface area (TPSA) is 115 Å². The minimum atomic E-state index is -3.69. The quantitative estimate of drug-likeness (QED) is 0.523. The number of hydrogen-bond acceptors (Lipinski definition) is 6. The van der Waals surface area contributed by atoms with Crippen molar-refractivity contribution < 1.29 is 17.5 Å². The van der Waals surface area contributed by atoms with Gasteiger partial charge in [-0.15, -0.1) is 11.3 Å². The number of sulfonamides is 1. The number of hydrogen-bond donors (Lipinski definition) is 4. The number of aromatic amines is 1. The first-order valence-corrected chi connectivity index (χ1v) is 12.2. The van der Waals surface area contributed by atoms with Gasteiger partial charge in [0.1, 0.15) is 9.86 Å². The molecule has 10 heteroatoms. The Morgan fingerprint density at radius 1 is 1.35 bits per heavy atom. The Morgan fingerprint density at radius 3 is 2.88 bits per heavy atom. The number of aromatic nitrogens is 2. The Bertz CT molecular complexity index is 1070. The second-order valence-electron chi connectivity index (χ2n) is 6.47. The summed E-state index contributed by atoms with van der Waals surface area (Å²) in [5, 5.41) is 0.952. The summed E-state index contributed by atoms with van der Waals surface area (Å²) in [6, 6.07) is 6.81. The molecule has 3 aromatic heterocycles. The van der Waals surface area contributed by atoms with Crippen molar-refractivity contribution in [1.82, 2.24) is 14.7 Å². The number of H-pyrrole nitrogens is 1. The van der Waals surface area contributed by atoms with Crippen molar-refractivity contribution in [2.75, 3.05) is 11.5 Å². The van der Waals surface area contributed by atoms with Gasteiger partial charge in [0.15, 0.2) is 0 Å². The van der Waals surface area contributed by atoms with Crippen LogP contribution in [-0.2, 0) is 10.0 Å². The smallest absolute Gasteiger partial charge is 0.250 e. The maximum absolute atomic E-state index is 12.6. The summed E-state index contributed by atoms with van der Waals surface area (Å²) in [5.74, 6) is 0.329. The predicted molar refractivity (Wildman–Crippen MR) is 105 cm³/mol. The average Bonchev–Trinajstić information content (AvgIpc) is 3.24. The number of nitrogens with zero attached hydrogens (tertiary/aromatic N) is 1. The molecule has 1 fully saturated rings. The molecule has 1 saturated heterocycles. The molecule has 3 aromatic rings. The number of pyridine rings is 1. The first-order chi connectivity index (χ1) is 12.2. The van der Waals surface area contributed by atoms with Gasteiger partial charge in [0, 0.05) is 39.5 Å². The first kappa shape index (κ1) is 18.0. The van der Waals surface area contributed by atoms with E-state index in [0.29, 0.717) is 6.42 Å². The van der Waals surface area contributed by atoms with E-state index in [1.54, 1.807) is 18.3 Å². The van der Waals surface area contributed by atoms with Gasteiger partial charge in [0.05, 0.1) is 5.75 Å². The predicted octanol–water partition coefficient (Wildman–Crippen LogP) is 3.40. The lowest BCUT2D eigenvalue weighted by Crippen LogP contribution is -2.34. The van der Waals surface area contributed by atoms with Crippen LogP contribution in [0.4, 0.5) is 0 Å². The van der Waals surface area contributed by atoms with E-state index in [1.807, 2.05) is 19.1 Å². The van der Waals surface area contributed by atoms with E-state index in [4.69, 9.17) is 0 Å². The monoisotopic (exact) mass is 413 g/mol. The zero-order valence-corrected chi connectivity index (χ0v) is 16.4. The van der Waals surface area contributed by atoms with Crippen LogP contribution in [0.5, 0.6) is 0 Å². The fourth-order valence-corrected chi connectivity index (χ4v) is 7.63. The van der Waals surface area contributed by atoms with Gasteiger partial charge in [-0.25, -0.2) is 18.1 Å². The molecule has 0 bridgehead atoms. The van der Waals surface area contributed by atoms with Crippen LogP contribution in [0.15, 0.2) is 34.7 Å².